The summed E-state index contributed by atoms with van der Waals surface area (Å²) < 4.78 is 4.97. The first kappa shape index (κ1) is 18.8. The van der Waals surface area contributed by atoms with E-state index in [2.05, 4.69) is 33.5 Å². The van der Waals surface area contributed by atoms with Gasteiger partial charge >= 0.3 is 0 Å². The Balaban J connectivity index is 1.86. The predicted octanol–water partition coefficient (Wildman–Crippen LogP) is 3.91. The van der Waals surface area contributed by atoms with Gasteiger partial charge in [-0.2, -0.15) is 0 Å². The van der Waals surface area contributed by atoms with Crippen molar-refractivity contribution in [2.24, 2.45) is 0 Å². The summed E-state index contributed by atoms with van der Waals surface area (Å²) in [7, 11) is 1.62. The number of nitrogens with zero attached hydrogens (tertiary/aromatic N) is 2. The molecule has 0 bridgehead atoms. The summed E-state index contributed by atoms with van der Waals surface area (Å²) in [6, 6.07) is 12.4. The van der Waals surface area contributed by atoms with Crippen LogP contribution in [0.3, 0.4) is 0 Å². The maximum atomic E-state index is 12.2. The molecule has 1 amide bonds. The maximum Gasteiger partial charge on any atom is 0.233 e. The highest BCUT2D eigenvalue weighted by atomic mass is 32.2. The number of methoxy groups -OCH3 is 1. The second-order valence-electron chi connectivity index (χ2n) is 5.82. The average Bonchev–Trinajstić information content (AvgIpc) is 3.06. The number of nitrogens with one attached hydrogen (secondary N) is 1. The summed E-state index contributed by atoms with van der Waals surface area (Å²) in [5, 5.41) is 4.47. The van der Waals surface area contributed by atoms with Gasteiger partial charge in [0.1, 0.15) is 15.7 Å². The molecule has 0 aliphatic heterocycles. The smallest absolute Gasteiger partial charge is 0.233 e. The van der Waals surface area contributed by atoms with Crippen LogP contribution >= 0.6 is 23.1 Å². The zero-order valence-electron chi connectivity index (χ0n) is 15.0. The van der Waals surface area contributed by atoms with Crippen molar-refractivity contribution in [1.82, 2.24) is 15.3 Å². The Hall–Kier alpha value is -1.96. The fraction of sp³-hybridized carbons (Fsp3) is 0.316. The number of hydrogen-bond acceptors (Lipinski definition) is 6. The maximum absolute atomic E-state index is 12.2. The summed E-state index contributed by atoms with van der Waals surface area (Å²) >= 11 is 3.11. The number of hydrogen-bond donors (Lipinski definition) is 1. The van der Waals surface area contributed by atoms with Crippen molar-refractivity contribution in [1.29, 1.82) is 0 Å². The molecule has 1 atom stereocenters. The lowest BCUT2D eigenvalue weighted by Gasteiger charge is -2.12. The van der Waals surface area contributed by atoms with Crippen molar-refractivity contribution in [2.45, 2.75) is 24.1 Å². The van der Waals surface area contributed by atoms with E-state index in [0.717, 1.165) is 25.7 Å². The first-order valence-corrected chi connectivity index (χ1v) is 10.0. The van der Waals surface area contributed by atoms with Crippen LogP contribution in [0, 0.1) is 6.92 Å². The van der Waals surface area contributed by atoms with E-state index >= 15 is 0 Å². The van der Waals surface area contributed by atoms with Crippen LogP contribution in [0.5, 0.6) is 0 Å². The molecule has 5 nitrogen and oxygen atoms in total. The van der Waals surface area contributed by atoms with Gasteiger partial charge in [-0.15, -0.1) is 11.3 Å². The molecule has 1 aromatic carbocycles. The van der Waals surface area contributed by atoms with Crippen LogP contribution in [-0.4, -0.2) is 41.4 Å². The third-order valence-electron chi connectivity index (χ3n) is 3.79. The molecule has 3 aromatic rings. The Bertz CT molecular complexity index is 896. The molecular weight excluding hydrogens is 366 g/mol. The number of carbonyl (C=O) groups is 1. The molecule has 136 valence electrons. The molecule has 7 heteroatoms. The van der Waals surface area contributed by atoms with Gasteiger partial charge in [0.15, 0.2) is 0 Å². The lowest BCUT2D eigenvalue weighted by Crippen LogP contribution is -2.33. The standard InChI is InChI=1S/C19H21N3O2S2/c1-12(17(23)20-9-10-24-3)25-18-15-11-16(14-7-5-4-6-8-14)26-19(15)22-13(2)21-18/h4-8,11-12H,9-10H2,1-3H3,(H,20,23)/t12-/m1/s1. The van der Waals surface area contributed by atoms with E-state index in [-0.39, 0.29) is 11.2 Å². The number of aryl methyl sites for hydroxylation is 1. The number of thiophene rings is 1. The molecule has 2 heterocycles. The summed E-state index contributed by atoms with van der Waals surface area (Å²) in [5.41, 5.74) is 1.16. The zero-order chi connectivity index (χ0) is 18.5. The highest BCUT2D eigenvalue weighted by Gasteiger charge is 2.18. The van der Waals surface area contributed by atoms with Gasteiger partial charge in [0, 0.05) is 23.9 Å². The molecule has 1 N–H and O–H groups in total. The fourth-order valence-electron chi connectivity index (χ4n) is 2.47. The molecule has 0 radical (unpaired) electrons. The van der Waals surface area contributed by atoms with Crippen LogP contribution in [0.4, 0.5) is 0 Å². The Morgan fingerprint density at radius 1 is 1.31 bits per heavy atom. The molecule has 0 saturated heterocycles. The molecule has 0 aliphatic rings. The minimum atomic E-state index is -0.246. The van der Waals surface area contributed by atoms with Crippen LogP contribution in [0.1, 0.15) is 12.7 Å². The minimum Gasteiger partial charge on any atom is -0.383 e. The van der Waals surface area contributed by atoms with E-state index in [1.54, 1.807) is 18.4 Å². The predicted molar refractivity (Wildman–Crippen MR) is 108 cm³/mol. The Kier molecular flexibility index (Phi) is 6.24. The molecule has 0 saturated carbocycles. The fourth-order valence-corrected chi connectivity index (χ4v) is 4.61. The number of carbonyl (C=O) groups excluding carboxylic acids is 1. The van der Waals surface area contributed by atoms with Gasteiger partial charge < -0.3 is 10.1 Å². The number of thioether (sulfide) groups is 1. The molecule has 26 heavy (non-hydrogen) atoms. The molecule has 3 rings (SSSR count). The van der Waals surface area contributed by atoms with Crippen molar-refractivity contribution in [3.63, 3.8) is 0 Å². The summed E-state index contributed by atoms with van der Waals surface area (Å²) in [5.74, 6) is 0.698. The number of benzene rings is 1. The van der Waals surface area contributed by atoms with Crippen LogP contribution in [0.15, 0.2) is 41.4 Å². The third-order valence-corrected chi connectivity index (χ3v) is 5.97. The molecule has 0 fully saturated rings. The lowest BCUT2D eigenvalue weighted by atomic mass is 10.2. The van der Waals surface area contributed by atoms with E-state index in [9.17, 15) is 4.79 Å². The van der Waals surface area contributed by atoms with Crippen molar-refractivity contribution in [3.8, 4) is 10.4 Å². The number of aromatic nitrogens is 2. The molecular formula is C19H21N3O2S2. The quantitative estimate of drug-likeness (QED) is 0.378. The van der Waals surface area contributed by atoms with Gasteiger partial charge in [-0.05, 0) is 25.5 Å². The molecule has 0 unspecified atom stereocenters. The van der Waals surface area contributed by atoms with Gasteiger partial charge in [0.2, 0.25) is 5.91 Å². The van der Waals surface area contributed by atoms with Crippen LogP contribution < -0.4 is 5.32 Å². The molecule has 2 aromatic heterocycles. The van der Waals surface area contributed by atoms with Gasteiger partial charge in [0.25, 0.3) is 0 Å². The Morgan fingerprint density at radius 2 is 2.08 bits per heavy atom. The third kappa shape index (κ3) is 4.41. The van der Waals surface area contributed by atoms with E-state index in [1.807, 2.05) is 32.0 Å². The van der Waals surface area contributed by atoms with E-state index in [4.69, 9.17) is 4.74 Å². The van der Waals surface area contributed by atoms with E-state index in [1.165, 1.54) is 11.8 Å². The highest BCUT2D eigenvalue weighted by molar-refractivity contribution is 8.00. The van der Waals surface area contributed by atoms with Crippen molar-refractivity contribution < 1.29 is 9.53 Å². The second-order valence-corrected chi connectivity index (χ2v) is 8.18. The zero-order valence-corrected chi connectivity index (χ0v) is 16.6. The SMILES string of the molecule is COCCNC(=O)[C@@H](C)Sc1nc(C)nc2sc(-c3ccccc3)cc12. The van der Waals surface area contributed by atoms with E-state index < -0.39 is 0 Å². The topological polar surface area (TPSA) is 64.1 Å². The Morgan fingerprint density at radius 3 is 2.81 bits per heavy atom. The number of rotatable bonds is 7. The molecule has 0 spiro atoms. The van der Waals surface area contributed by atoms with Crippen LogP contribution in [0.2, 0.25) is 0 Å². The van der Waals surface area contributed by atoms with Gasteiger partial charge in [-0.1, -0.05) is 42.1 Å². The first-order chi connectivity index (χ1) is 12.6. The second kappa shape index (κ2) is 8.62. The van der Waals surface area contributed by atoms with Gasteiger partial charge in [-0.25, -0.2) is 9.97 Å². The largest absolute Gasteiger partial charge is 0.383 e. The highest BCUT2D eigenvalue weighted by Crippen LogP contribution is 2.37. The summed E-state index contributed by atoms with van der Waals surface area (Å²) in [6.45, 7) is 4.79. The minimum absolute atomic E-state index is 0.0185. The van der Waals surface area contributed by atoms with Crippen LogP contribution in [-0.2, 0) is 9.53 Å². The number of fused-ring (bicyclic) bond motifs is 1. The van der Waals surface area contributed by atoms with Gasteiger partial charge in [-0.3, -0.25) is 4.79 Å². The lowest BCUT2D eigenvalue weighted by molar-refractivity contribution is -0.120. The van der Waals surface area contributed by atoms with Crippen molar-refractivity contribution in [2.75, 3.05) is 20.3 Å². The average molecular weight is 388 g/mol. The van der Waals surface area contributed by atoms with Crippen LogP contribution in [0.25, 0.3) is 20.7 Å². The Labute approximate surface area is 161 Å². The first-order valence-electron chi connectivity index (χ1n) is 8.35. The normalized spacial score (nSPS) is 12.3. The van der Waals surface area contributed by atoms with Gasteiger partial charge in [0.05, 0.1) is 11.9 Å². The van der Waals surface area contributed by atoms with Crippen molar-refractivity contribution >= 4 is 39.2 Å². The number of amides is 1. The monoisotopic (exact) mass is 387 g/mol. The van der Waals surface area contributed by atoms with E-state index in [0.29, 0.717) is 19.0 Å². The summed E-state index contributed by atoms with van der Waals surface area (Å²) in [6.07, 6.45) is 0. The molecule has 0 aliphatic carbocycles. The summed E-state index contributed by atoms with van der Waals surface area (Å²) in [4.78, 5) is 23.5. The number of ether oxygens (including phenoxy) is 1. The van der Waals surface area contributed by atoms with Crippen molar-refractivity contribution in [3.05, 3.63) is 42.2 Å².